The van der Waals surface area contributed by atoms with Gasteiger partial charge in [0.25, 0.3) is 0 Å². The number of rotatable bonds is 3. The third-order valence-corrected chi connectivity index (χ3v) is 4.46. The molecule has 0 N–H and O–H groups in total. The van der Waals surface area contributed by atoms with Gasteiger partial charge in [-0.25, -0.2) is 0 Å². The molecule has 0 amide bonds. The lowest BCUT2D eigenvalue weighted by atomic mass is 10.0. The summed E-state index contributed by atoms with van der Waals surface area (Å²) in [6.07, 6.45) is 2.56. The van der Waals surface area contributed by atoms with Crippen molar-refractivity contribution in [2.45, 2.75) is 18.8 Å². The summed E-state index contributed by atoms with van der Waals surface area (Å²) in [6, 6.07) is 26.5. The molecule has 0 heterocycles. The zero-order valence-electron chi connectivity index (χ0n) is 11.5. The molecule has 2 unspecified atom stereocenters. The van der Waals surface area contributed by atoms with Gasteiger partial charge >= 0.3 is 0 Å². The zero-order chi connectivity index (χ0) is 13.4. The molecule has 0 radical (unpaired) electrons. The maximum Gasteiger partial charge on any atom is -0.0127 e. The number of hydrogen-bond acceptors (Lipinski definition) is 0. The Balaban J connectivity index is 1.52. The fourth-order valence-electron chi connectivity index (χ4n) is 3.25. The van der Waals surface area contributed by atoms with E-state index in [2.05, 4.69) is 72.8 Å². The first-order chi connectivity index (χ1) is 9.90. The van der Waals surface area contributed by atoms with Crippen molar-refractivity contribution in [3.8, 4) is 0 Å². The quantitative estimate of drug-likeness (QED) is 0.606. The molecule has 3 aromatic rings. The van der Waals surface area contributed by atoms with Gasteiger partial charge in [-0.1, -0.05) is 72.8 Å². The molecule has 2 atom stereocenters. The van der Waals surface area contributed by atoms with E-state index in [0.29, 0.717) is 0 Å². The van der Waals surface area contributed by atoms with Crippen molar-refractivity contribution in [1.82, 2.24) is 0 Å². The highest BCUT2D eigenvalue weighted by Crippen LogP contribution is 2.49. The van der Waals surface area contributed by atoms with Crippen molar-refractivity contribution >= 4 is 10.8 Å². The summed E-state index contributed by atoms with van der Waals surface area (Å²) in [4.78, 5) is 0. The first-order valence-corrected chi connectivity index (χ1v) is 7.43. The van der Waals surface area contributed by atoms with Crippen molar-refractivity contribution in [2.24, 2.45) is 5.92 Å². The summed E-state index contributed by atoms with van der Waals surface area (Å²) in [6.45, 7) is 0. The van der Waals surface area contributed by atoms with Gasteiger partial charge in [0.15, 0.2) is 0 Å². The summed E-state index contributed by atoms with van der Waals surface area (Å²) < 4.78 is 0. The number of hydrogen-bond donors (Lipinski definition) is 0. The van der Waals surface area contributed by atoms with E-state index in [-0.39, 0.29) is 0 Å². The van der Waals surface area contributed by atoms with Crippen LogP contribution in [0, 0.1) is 5.92 Å². The third kappa shape index (κ3) is 2.22. The van der Waals surface area contributed by atoms with Crippen LogP contribution in [0.3, 0.4) is 0 Å². The molecule has 4 rings (SSSR count). The predicted molar refractivity (Wildman–Crippen MR) is 84.9 cm³/mol. The lowest BCUT2D eigenvalue weighted by molar-refractivity contribution is 0.796. The van der Waals surface area contributed by atoms with Crippen molar-refractivity contribution in [1.29, 1.82) is 0 Å². The Hall–Kier alpha value is -2.08. The lowest BCUT2D eigenvalue weighted by Crippen LogP contribution is -1.90. The van der Waals surface area contributed by atoms with Gasteiger partial charge in [0.2, 0.25) is 0 Å². The Kier molecular flexibility index (Phi) is 2.81. The van der Waals surface area contributed by atoms with Crippen LogP contribution >= 0.6 is 0 Å². The summed E-state index contributed by atoms with van der Waals surface area (Å²) in [5.41, 5.74) is 2.99. The molecule has 0 saturated heterocycles. The lowest BCUT2D eigenvalue weighted by Gasteiger charge is -2.04. The fourth-order valence-corrected chi connectivity index (χ4v) is 3.25. The van der Waals surface area contributed by atoms with Crippen LogP contribution in [-0.2, 0) is 6.42 Å². The molecule has 0 nitrogen and oxygen atoms in total. The van der Waals surface area contributed by atoms with Gasteiger partial charge in [-0.3, -0.25) is 0 Å². The molecule has 20 heavy (non-hydrogen) atoms. The average Bonchev–Trinajstić information content (AvgIpc) is 3.27. The highest BCUT2D eigenvalue weighted by molar-refractivity contribution is 5.83. The molecule has 0 aromatic heterocycles. The Bertz CT molecular complexity index is 727. The third-order valence-electron chi connectivity index (χ3n) is 4.46. The number of benzene rings is 3. The first-order valence-electron chi connectivity index (χ1n) is 7.43. The molecule has 0 heteroatoms. The predicted octanol–water partition coefficient (Wildman–Crippen LogP) is 5.19. The molecule has 0 spiro atoms. The highest BCUT2D eigenvalue weighted by Gasteiger charge is 2.37. The summed E-state index contributed by atoms with van der Waals surface area (Å²) in [5, 5.41) is 2.70. The van der Waals surface area contributed by atoms with Crippen LogP contribution in [0.4, 0.5) is 0 Å². The van der Waals surface area contributed by atoms with E-state index in [4.69, 9.17) is 0 Å². The zero-order valence-corrected chi connectivity index (χ0v) is 11.5. The van der Waals surface area contributed by atoms with Gasteiger partial charge in [0.05, 0.1) is 0 Å². The van der Waals surface area contributed by atoms with Gasteiger partial charge in [-0.05, 0) is 46.6 Å². The van der Waals surface area contributed by atoms with E-state index >= 15 is 0 Å². The minimum Gasteiger partial charge on any atom is -0.0622 e. The normalized spacial score (nSPS) is 21.0. The largest absolute Gasteiger partial charge is 0.0622 e. The molecule has 0 aliphatic heterocycles. The van der Waals surface area contributed by atoms with Crippen LogP contribution in [0.5, 0.6) is 0 Å². The average molecular weight is 258 g/mol. The van der Waals surface area contributed by atoms with E-state index in [0.717, 1.165) is 11.8 Å². The summed E-state index contributed by atoms with van der Waals surface area (Å²) in [5.74, 6) is 1.61. The molecule has 0 bridgehead atoms. The smallest absolute Gasteiger partial charge is 0.0127 e. The van der Waals surface area contributed by atoms with Gasteiger partial charge in [-0.15, -0.1) is 0 Å². The fraction of sp³-hybridized carbons (Fsp3) is 0.200. The minimum atomic E-state index is 0.780. The van der Waals surface area contributed by atoms with E-state index < -0.39 is 0 Å². The summed E-state index contributed by atoms with van der Waals surface area (Å²) >= 11 is 0. The molecule has 98 valence electrons. The van der Waals surface area contributed by atoms with Crippen molar-refractivity contribution < 1.29 is 0 Å². The van der Waals surface area contributed by atoms with E-state index in [1.54, 1.807) is 0 Å². The van der Waals surface area contributed by atoms with Crippen LogP contribution in [0.2, 0.25) is 0 Å². The highest BCUT2D eigenvalue weighted by atomic mass is 14.4. The maximum atomic E-state index is 2.36. The van der Waals surface area contributed by atoms with Crippen LogP contribution in [-0.4, -0.2) is 0 Å². The first kappa shape index (κ1) is 11.7. The van der Waals surface area contributed by atoms with Crippen molar-refractivity contribution in [2.75, 3.05) is 0 Å². The van der Waals surface area contributed by atoms with Crippen LogP contribution in [0.15, 0.2) is 72.8 Å². The van der Waals surface area contributed by atoms with Crippen LogP contribution < -0.4 is 0 Å². The van der Waals surface area contributed by atoms with Gasteiger partial charge in [-0.2, -0.15) is 0 Å². The van der Waals surface area contributed by atoms with Crippen LogP contribution in [0.25, 0.3) is 10.8 Å². The molecule has 1 aliphatic rings. The van der Waals surface area contributed by atoms with Crippen molar-refractivity contribution in [3.05, 3.63) is 83.9 Å². The van der Waals surface area contributed by atoms with E-state index in [1.807, 2.05) is 0 Å². The Morgan fingerprint density at radius 3 is 2.35 bits per heavy atom. The second kappa shape index (κ2) is 4.79. The van der Waals surface area contributed by atoms with Crippen LogP contribution in [0.1, 0.15) is 23.5 Å². The Labute approximate surface area is 120 Å². The monoisotopic (exact) mass is 258 g/mol. The molecule has 3 aromatic carbocycles. The Morgan fingerprint density at radius 2 is 1.50 bits per heavy atom. The van der Waals surface area contributed by atoms with Gasteiger partial charge in [0.1, 0.15) is 0 Å². The molecule has 1 fully saturated rings. The molecule has 1 saturated carbocycles. The van der Waals surface area contributed by atoms with Gasteiger partial charge < -0.3 is 0 Å². The molecular weight excluding hydrogens is 240 g/mol. The number of fused-ring (bicyclic) bond motifs is 1. The van der Waals surface area contributed by atoms with E-state index in [9.17, 15) is 0 Å². The second-order valence-corrected chi connectivity index (χ2v) is 5.90. The second-order valence-electron chi connectivity index (χ2n) is 5.90. The van der Waals surface area contributed by atoms with Crippen molar-refractivity contribution in [3.63, 3.8) is 0 Å². The molecule has 1 aliphatic carbocycles. The maximum absolute atomic E-state index is 2.36. The van der Waals surface area contributed by atoms with Gasteiger partial charge in [0, 0.05) is 0 Å². The summed E-state index contributed by atoms with van der Waals surface area (Å²) in [7, 11) is 0. The SMILES string of the molecule is c1ccc(C2CC2Cc2ccc3ccccc3c2)cc1. The Morgan fingerprint density at radius 1 is 0.750 bits per heavy atom. The standard InChI is InChI=1S/C20H18/c1-2-7-17(8-3-1)20-14-19(20)13-15-10-11-16-6-4-5-9-18(16)12-15/h1-12,19-20H,13-14H2. The minimum absolute atomic E-state index is 0.780. The topological polar surface area (TPSA) is 0 Å². The molecular formula is C20H18. The van der Waals surface area contributed by atoms with E-state index in [1.165, 1.54) is 34.7 Å².